The van der Waals surface area contributed by atoms with Gasteiger partial charge in [-0.1, -0.05) is 101 Å². The molecule has 0 bridgehead atoms. The van der Waals surface area contributed by atoms with Crippen LogP contribution < -0.4 is 19.8 Å². The zero-order valence-corrected chi connectivity index (χ0v) is 32.7. The third-order valence-electron chi connectivity index (χ3n) is 10.3. The van der Waals surface area contributed by atoms with Gasteiger partial charge in [0, 0.05) is 13.0 Å². The van der Waals surface area contributed by atoms with E-state index in [4.69, 9.17) is 14.2 Å². The predicted octanol–water partition coefficient (Wildman–Crippen LogP) is 7.96. The number of amides is 1. The van der Waals surface area contributed by atoms with Crippen LogP contribution in [0.4, 0.5) is 4.79 Å². The molecular weight excluding hydrogens is 643 g/mol. The van der Waals surface area contributed by atoms with Crippen molar-refractivity contribution >= 4 is 24.8 Å². The van der Waals surface area contributed by atoms with Crippen LogP contribution >= 0.6 is 0 Å². The Bertz CT molecular complexity index is 1560. The highest BCUT2D eigenvalue weighted by Gasteiger charge is 2.49. The lowest BCUT2D eigenvalue weighted by atomic mass is 9.78. The van der Waals surface area contributed by atoms with Crippen LogP contribution in [-0.4, -0.2) is 61.7 Å². The average molecular weight is 702 g/mol. The molecule has 0 radical (unpaired) electrons. The molecular formula is C42H59NO6Si. The van der Waals surface area contributed by atoms with Crippen LogP contribution in [0.25, 0.3) is 0 Å². The highest BCUT2D eigenvalue weighted by Crippen LogP contribution is 2.44. The molecule has 3 aromatic carbocycles. The smallest absolute Gasteiger partial charge is 0.410 e. The van der Waals surface area contributed by atoms with Crippen LogP contribution in [0.1, 0.15) is 97.7 Å². The molecule has 2 N–H and O–H groups in total. The molecule has 2 atom stereocenters. The quantitative estimate of drug-likeness (QED) is 0.131. The van der Waals surface area contributed by atoms with Crippen molar-refractivity contribution in [2.24, 2.45) is 5.41 Å². The van der Waals surface area contributed by atoms with Crippen molar-refractivity contribution in [2.45, 2.75) is 110 Å². The normalized spacial score (nSPS) is 16.0. The van der Waals surface area contributed by atoms with Gasteiger partial charge in [0.15, 0.2) is 11.5 Å². The number of fused-ring (bicyclic) bond motifs is 1. The van der Waals surface area contributed by atoms with Gasteiger partial charge in [-0.05, 0) is 96.1 Å². The molecule has 4 rings (SSSR count). The van der Waals surface area contributed by atoms with Crippen molar-refractivity contribution in [1.82, 2.24) is 4.90 Å². The van der Waals surface area contributed by atoms with E-state index in [-0.39, 0.29) is 16.9 Å². The molecule has 7 nitrogen and oxygen atoms in total. The van der Waals surface area contributed by atoms with Gasteiger partial charge in [0.1, 0.15) is 5.60 Å². The Kier molecular flexibility index (Phi) is 12.3. The average Bonchev–Trinajstić information content (AvgIpc) is 3.06. The second-order valence-corrected chi connectivity index (χ2v) is 20.2. The zero-order chi connectivity index (χ0) is 36.9. The molecule has 50 heavy (non-hydrogen) atoms. The first-order valence-electron chi connectivity index (χ1n) is 17.9. The maximum absolute atomic E-state index is 13.5. The summed E-state index contributed by atoms with van der Waals surface area (Å²) < 4.78 is 17.0. The van der Waals surface area contributed by atoms with Crippen molar-refractivity contribution in [1.29, 1.82) is 0 Å². The van der Waals surface area contributed by atoms with Gasteiger partial charge in [-0.3, -0.25) is 0 Å². The summed E-state index contributed by atoms with van der Waals surface area (Å²) in [6.45, 7) is 19.3. The first kappa shape index (κ1) is 39.2. The molecule has 1 amide bonds. The van der Waals surface area contributed by atoms with E-state index in [0.29, 0.717) is 30.9 Å². The van der Waals surface area contributed by atoms with E-state index in [0.717, 1.165) is 46.3 Å². The Morgan fingerprint density at radius 1 is 0.900 bits per heavy atom. The number of hydrogen-bond donors (Lipinski definition) is 2. The Morgan fingerprint density at radius 3 is 1.96 bits per heavy atom. The second kappa shape index (κ2) is 15.7. The van der Waals surface area contributed by atoms with Gasteiger partial charge in [-0.25, -0.2) is 4.79 Å². The molecule has 1 heterocycles. The second-order valence-electron chi connectivity index (χ2n) is 16.3. The Labute approximate surface area is 301 Å². The summed E-state index contributed by atoms with van der Waals surface area (Å²) in [5, 5.41) is 13.4. The first-order chi connectivity index (χ1) is 23.4. The largest absolute Gasteiger partial charge is 0.493 e. The third-order valence-corrected chi connectivity index (χ3v) is 14.8. The van der Waals surface area contributed by atoms with E-state index in [2.05, 4.69) is 58.5 Å². The number of rotatable bonds is 14. The SMILES string of the molecule is C=C(CC(C)(C)CCCC(C)(C)[Si](O)(c1ccccc1)c1ccccc1)C(O)C[C@@H]1c2cc(OC)c(OC)cc2CCN1C(=O)OC(C)(C)C. The fourth-order valence-corrected chi connectivity index (χ4v) is 11.3. The Hall–Kier alpha value is -3.59. The summed E-state index contributed by atoms with van der Waals surface area (Å²) >= 11 is 0. The van der Waals surface area contributed by atoms with Crippen molar-refractivity contribution in [3.8, 4) is 11.5 Å². The molecule has 0 fully saturated rings. The standard InChI is InChI=1S/C42H59NO6Si/c1-30(29-41(5,6)23-17-24-42(7,8)50(46,32-18-13-11-14-19-32)33-20-15-12-16-21-33)36(44)28-35-34-27-38(48-10)37(47-9)26-31(34)22-25-43(35)39(45)49-40(2,3)4/h11-16,18-21,26-27,35-36,44,46H,1,17,22-25,28-29H2,2-10H3/t35-,36?/m1/s1. The summed E-state index contributed by atoms with van der Waals surface area (Å²) in [5.74, 6) is 1.22. The molecule has 0 spiro atoms. The molecule has 0 saturated heterocycles. The summed E-state index contributed by atoms with van der Waals surface area (Å²) in [6, 6.07) is 23.8. The number of nitrogens with zero attached hydrogens (tertiary/aromatic N) is 1. The number of aliphatic hydroxyl groups excluding tert-OH is 1. The van der Waals surface area contributed by atoms with Crippen molar-refractivity contribution in [3.63, 3.8) is 0 Å². The summed E-state index contributed by atoms with van der Waals surface area (Å²) in [5.41, 5.74) is 1.93. The Morgan fingerprint density at radius 2 is 1.44 bits per heavy atom. The van der Waals surface area contributed by atoms with Gasteiger partial charge in [0.2, 0.25) is 0 Å². The summed E-state index contributed by atoms with van der Waals surface area (Å²) in [7, 11) is 0.120. The third kappa shape index (κ3) is 9.00. The zero-order valence-electron chi connectivity index (χ0n) is 31.7. The van der Waals surface area contributed by atoms with E-state index >= 15 is 0 Å². The molecule has 272 valence electrons. The van der Waals surface area contributed by atoms with Crippen LogP contribution in [-0.2, 0) is 11.2 Å². The maximum atomic E-state index is 13.5. The van der Waals surface area contributed by atoms with E-state index in [1.165, 1.54) is 0 Å². The number of ether oxygens (including phenoxy) is 3. The molecule has 1 unspecified atom stereocenters. The van der Waals surface area contributed by atoms with E-state index in [1.54, 1.807) is 19.1 Å². The Balaban J connectivity index is 1.48. The van der Waals surface area contributed by atoms with Crippen LogP contribution in [0.15, 0.2) is 84.9 Å². The number of methoxy groups -OCH3 is 2. The number of aliphatic hydroxyl groups is 1. The van der Waals surface area contributed by atoms with E-state index in [1.807, 2.05) is 69.3 Å². The number of carbonyl (C=O) groups excluding carboxylic acids is 1. The molecule has 3 aromatic rings. The van der Waals surface area contributed by atoms with Gasteiger partial charge >= 0.3 is 6.09 Å². The highest BCUT2D eigenvalue weighted by atomic mass is 28.4. The molecule has 1 aliphatic heterocycles. The summed E-state index contributed by atoms with van der Waals surface area (Å²) in [4.78, 5) is 27.8. The first-order valence-corrected chi connectivity index (χ1v) is 19.8. The number of benzene rings is 3. The minimum atomic E-state index is -3.09. The van der Waals surface area contributed by atoms with Gasteiger partial charge in [-0.2, -0.15) is 0 Å². The molecule has 1 aliphatic rings. The predicted molar refractivity (Wildman–Crippen MR) is 205 cm³/mol. The van der Waals surface area contributed by atoms with Crippen LogP contribution in [0.5, 0.6) is 11.5 Å². The van der Waals surface area contributed by atoms with Gasteiger partial charge in [0.05, 0.1) is 26.4 Å². The topological polar surface area (TPSA) is 88.5 Å². The van der Waals surface area contributed by atoms with Crippen LogP contribution in [0.2, 0.25) is 5.04 Å². The van der Waals surface area contributed by atoms with Crippen LogP contribution in [0.3, 0.4) is 0 Å². The fourth-order valence-electron chi connectivity index (χ4n) is 7.52. The highest BCUT2D eigenvalue weighted by molar-refractivity contribution is 6.98. The number of carbonyl (C=O) groups is 1. The molecule has 0 saturated carbocycles. The summed E-state index contributed by atoms with van der Waals surface area (Å²) in [6.07, 6.45) is 2.99. The van der Waals surface area contributed by atoms with Gasteiger partial charge in [-0.15, -0.1) is 0 Å². The van der Waals surface area contributed by atoms with E-state index in [9.17, 15) is 14.7 Å². The minimum absolute atomic E-state index is 0.140. The monoisotopic (exact) mass is 701 g/mol. The lowest BCUT2D eigenvalue weighted by Crippen LogP contribution is -2.65. The van der Waals surface area contributed by atoms with Crippen LogP contribution in [0, 0.1) is 5.41 Å². The van der Waals surface area contributed by atoms with Gasteiger partial charge < -0.3 is 29.0 Å². The maximum Gasteiger partial charge on any atom is 0.410 e. The van der Waals surface area contributed by atoms with Crippen molar-refractivity contribution < 1.29 is 28.9 Å². The number of hydrogen-bond acceptors (Lipinski definition) is 6. The van der Waals surface area contributed by atoms with E-state index < -0.39 is 32.2 Å². The molecule has 8 heteroatoms. The minimum Gasteiger partial charge on any atom is -0.493 e. The lowest BCUT2D eigenvalue weighted by molar-refractivity contribution is 0.00879. The van der Waals surface area contributed by atoms with Crippen molar-refractivity contribution in [2.75, 3.05) is 20.8 Å². The fraction of sp³-hybridized carbons (Fsp3) is 0.500. The van der Waals surface area contributed by atoms with Crippen molar-refractivity contribution in [3.05, 3.63) is 96.1 Å². The molecule has 0 aliphatic carbocycles. The lowest BCUT2D eigenvalue weighted by Gasteiger charge is -2.42. The molecule has 0 aromatic heterocycles. The van der Waals surface area contributed by atoms with Gasteiger partial charge in [0.25, 0.3) is 8.32 Å².